The van der Waals surface area contributed by atoms with E-state index in [0.717, 1.165) is 16.7 Å². The third-order valence-corrected chi connectivity index (χ3v) is 6.77. The van der Waals surface area contributed by atoms with E-state index in [1.165, 1.54) is 12.1 Å². The van der Waals surface area contributed by atoms with Crippen molar-refractivity contribution in [2.24, 2.45) is 5.73 Å². The first kappa shape index (κ1) is 26.1. The lowest BCUT2D eigenvalue weighted by Gasteiger charge is -2.45. The normalized spacial score (nSPS) is 19.9. The van der Waals surface area contributed by atoms with Gasteiger partial charge in [-0.3, -0.25) is 9.59 Å². The average molecular weight is 529 g/mol. The Kier molecular flexibility index (Phi) is 8.62. The lowest BCUT2D eigenvalue weighted by Crippen LogP contribution is -2.51. The Labute approximate surface area is 219 Å². The Bertz CT molecular complexity index is 1200. The highest BCUT2D eigenvalue weighted by Crippen LogP contribution is 2.43. The number of primary amides is 1. The number of hydrogen-bond acceptors (Lipinski definition) is 3. The van der Waals surface area contributed by atoms with E-state index in [1.807, 2.05) is 35.2 Å². The number of amides is 2. The number of nitrogens with two attached hydrogens (primary N) is 1. The Hall–Kier alpha value is -2.93. The first-order valence-electron chi connectivity index (χ1n) is 11.8. The van der Waals surface area contributed by atoms with Crippen molar-refractivity contribution in [3.63, 3.8) is 0 Å². The Morgan fingerprint density at radius 3 is 2.33 bits per heavy atom. The highest BCUT2D eigenvalue weighted by Gasteiger charge is 2.43. The van der Waals surface area contributed by atoms with Gasteiger partial charge in [0.1, 0.15) is 18.0 Å². The number of carbonyl (C=O) groups excluding carboxylic acids is 2. The van der Waals surface area contributed by atoms with Crippen molar-refractivity contribution in [2.75, 3.05) is 6.54 Å². The standard InChI is InChI=1S/C28H27Cl2FN2O3/c29-21-11-9-19(10-12-21)26-27(20-4-3-5-22(30)17-20)36-24(16-18-7-13-23(31)14-8-18)28(35)33(26)15-2-1-6-25(32)34/h3-5,7-14,17,24,26-27H,1-2,6,15-16H2,(H2,32,34)/t24-,26+,27-/m1/s1. The van der Waals surface area contributed by atoms with Crippen LogP contribution in [-0.4, -0.2) is 29.4 Å². The third-order valence-electron chi connectivity index (χ3n) is 6.29. The number of halogens is 3. The van der Waals surface area contributed by atoms with E-state index in [4.69, 9.17) is 33.7 Å². The second kappa shape index (κ2) is 11.9. The van der Waals surface area contributed by atoms with E-state index in [1.54, 1.807) is 30.3 Å². The summed E-state index contributed by atoms with van der Waals surface area (Å²) in [5, 5.41) is 1.15. The van der Waals surface area contributed by atoms with Crippen LogP contribution in [0.1, 0.15) is 48.1 Å². The molecule has 5 nitrogen and oxygen atoms in total. The van der Waals surface area contributed by atoms with Gasteiger partial charge in [-0.1, -0.05) is 59.6 Å². The van der Waals surface area contributed by atoms with Gasteiger partial charge < -0.3 is 15.4 Å². The topological polar surface area (TPSA) is 72.6 Å². The fourth-order valence-corrected chi connectivity index (χ4v) is 4.88. The molecule has 188 valence electrons. The zero-order valence-corrected chi connectivity index (χ0v) is 21.1. The fourth-order valence-electron chi connectivity index (χ4n) is 4.55. The number of benzene rings is 3. The molecule has 0 unspecified atom stereocenters. The molecule has 1 aliphatic rings. The number of unbranched alkanes of at least 4 members (excludes halogenated alkanes) is 1. The summed E-state index contributed by atoms with van der Waals surface area (Å²) in [4.78, 5) is 26.9. The molecule has 2 N–H and O–H groups in total. The molecule has 1 fully saturated rings. The van der Waals surface area contributed by atoms with Crippen LogP contribution in [0.2, 0.25) is 10.0 Å². The molecule has 0 aliphatic carbocycles. The van der Waals surface area contributed by atoms with Gasteiger partial charge in [-0.15, -0.1) is 0 Å². The zero-order valence-electron chi connectivity index (χ0n) is 19.6. The van der Waals surface area contributed by atoms with Crippen LogP contribution in [0.4, 0.5) is 4.39 Å². The minimum atomic E-state index is -0.779. The maximum atomic E-state index is 13.8. The van der Waals surface area contributed by atoms with Gasteiger partial charge in [-0.05, 0) is 65.9 Å². The number of morpholine rings is 1. The molecule has 1 aliphatic heterocycles. The van der Waals surface area contributed by atoms with Crippen LogP contribution in [-0.2, 0) is 20.7 Å². The first-order valence-corrected chi connectivity index (χ1v) is 12.6. The highest BCUT2D eigenvalue weighted by molar-refractivity contribution is 6.30. The maximum absolute atomic E-state index is 13.8. The molecule has 0 radical (unpaired) electrons. The van der Waals surface area contributed by atoms with Gasteiger partial charge in [0.05, 0.1) is 6.04 Å². The zero-order chi connectivity index (χ0) is 25.7. The van der Waals surface area contributed by atoms with Gasteiger partial charge in [0.25, 0.3) is 5.91 Å². The van der Waals surface area contributed by atoms with Gasteiger partial charge in [-0.25, -0.2) is 4.39 Å². The summed E-state index contributed by atoms with van der Waals surface area (Å²) < 4.78 is 20.0. The summed E-state index contributed by atoms with van der Waals surface area (Å²) in [5.41, 5.74) is 7.80. The molecule has 4 rings (SSSR count). The van der Waals surface area contributed by atoms with Crippen LogP contribution in [0, 0.1) is 5.82 Å². The number of nitrogens with zero attached hydrogens (tertiary/aromatic N) is 1. The molecule has 0 saturated carbocycles. The Morgan fingerprint density at radius 2 is 1.67 bits per heavy atom. The number of hydrogen-bond donors (Lipinski definition) is 1. The van der Waals surface area contributed by atoms with Gasteiger partial charge in [0.2, 0.25) is 5.91 Å². The molecule has 1 saturated heterocycles. The SMILES string of the molecule is NC(=O)CCCCN1C(=O)[C@@H](Cc2ccc(F)cc2)O[C@H](c2cccc(Cl)c2)[C@@H]1c1ccc(Cl)cc1. The largest absolute Gasteiger partial charge is 0.370 e. The predicted octanol–water partition coefficient (Wildman–Crippen LogP) is 6.04. The van der Waals surface area contributed by atoms with Crippen LogP contribution in [0.3, 0.4) is 0 Å². The van der Waals surface area contributed by atoms with E-state index in [9.17, 15) is 14.0 Å². The van der Waals surface area contributed by atoms with Crippen molar-refractivity contribution < 1.29 is 18.7 Å². The fraction of sp³-hybridized carbons (Fsp3) is 0.286. The summed E-state index contributed by atoms with van der Waals surface area (Å²) in [7, 11) is 0. The summed E-state index contributed by atoms with van der Waals surface area (Å²) in [6.07, 6.45) is 0.424. The molecule has 2 amide bonds. The molecule has 3 atom stereocenters. The Morgan fingerprint density at radius 1 is 0.944 bits per heavy atom. The summed E-state index contributed by atoms with van der Waals surface area (Å²) in [6.45, 7) is 0.416. The van der Waals surface area contributed by atoms with Crippen molar-refractivity contribution in [1.82, 2.24) is 4.90 Å². The second-order valence-corrected chi connectivity index (χ2v) is 9.76. The van der Waals surface area contributed by atoms with Crippen molar-refractivity contribution in [2.45, 2.75) is 43.9 Å². The van der Waals surface area contributed by atoms with Crippen LogP contribution < -0.4 is 5.73 Å². The molecule has 36 heavy (non-hydrogen) atoms. The van der Waals surface area contributed by atoms with E-state index in [2.05, 4.69) is 0 Å². The maximum Gasteiger partial charge on any atom is 0.252 e. The quantitative estimate of drug-likeness (QED) is 0.344. The van der Waals surface area contributed by atoms with Crippen LogP contribution in [0.25, 0.3) is 0 Å². The number of rotatable bonds is 9. The average Bonchev–Trinajstić information content (AvgIpc) is 2.85. The monoisotopic (exact) mass is 528 g/mol. The summed E-state index contributed by atoms with van der Waals surface area (Å²) in [6, 6.07) is 20.4. The molecule has 3 aromatic carbocycles. The smallest absolute Gasteiger partial charge is 0.252 e. The van der Waals surface area contributed by atoms with Gasteiger partial charge in [-0.2, -0.15) is 0 Å². The first-order chi connectivity index (χ1) is 17.3. The number of carbonyl (C=O) groups is 2. The van der Waals surface area contributed by atoms with Crippen molar-refractivity contribution >= 4 is 35.0 Å². The minimum Gasteiger partial charge on any atom is -0.370 e. The minimum absolute atomic E-state index is 0.170. The van der Waals surface area contributed by atoms with Crippen molar-refractivity contribution in [1.29, 1.82) is 0 Å². The van der Waals surface area contributed by atoms with Crippen LogP contribution >= 0.6 is 23.2 Å². The molecule has 0 spiro atoms. The lowest BCUT2D eigenvalue weighted by molar-refractivity contribution is -0.174. The van der Waals surface area contributed by atoms with E-state index in [-0.39, 0.29) is 24.1 Å². The molecule has 8 heteroatoms. The molecule has 1 heterocycles. The molecular formula is C28H27Cl2FN2O3. The van der Waals surface area contributed by atoms with Gasteiger partial charge >= 0.3 is 0 Å². The van der Waals surface area contributed by atoms with E-state index < -0.39 is 18.2 Å². The predicted molar refractivity (Wildman–Crippen MR) is 138 cm³/mol. The van der Waals surface area contributed by atoms with Crippen molar-refractivity contribution in [3.05, 3.63) is 105 Å². The highest BCUT2D eigenvalue weighted by atomic mass is 35.5. The van der Waals surface area contributed by atoms with E-state index in [0.29, 0.717) is 35.9 Å². The summed E-state index contributed by atoms with van der Waals surface area (Å²) in [5.74, 6) is -0.884. The molecular weight excluding hydrogens is 502 g/mol. The Balaban J connectivity index is 1.72. The molecule has 3 aromatic rings. The van der Waals surface area contributed by atoms with Crippen molar-refractivity contribution in [3.8, 4) is 0 Å². The van der Waals surface area contributed by atoms with E-state index >= 15 is 0 Å². The molecule has 0 aromatic heterocycles. The van der Waals surface area contributed by atoms with Gasteiger partial charge in [0.15, 0.2) is 0 Å². The van der Waals surface area contributed by atoms with Crippen LogP contribution in [0.15, 0.2) is 72.8 Å². The van der Waals surface area contributed by atoms with Crippen LogP contribution in [0.5, 0.6) is 0 Å². The van der Waals surface area contributed by atoms with Gasteiger partial charge in [0, 0.05) is 29.4 Å². The second-order valence-electron chi connectivity index (χ2n) is 8.88. The number of ether oxygens (including phenoxy) is 1. The summed E-state index contributed by atoms with van der Waals surface area (Å²) >= 11 is 12.5. The lowest BCUT2D eigenvalue weighted by atomic mass is 9.90. The third kappa shape index (κ3) is 6.44. The molecule has 0 bridgehead atoms.